The van der Waals surface area contributed by atoms with Gasteiger partial charge < -0.3 is 9.84 Å². The van der Waals surface area contributed by atoms with Crippen molar-refractivity contribution in [1.82, 2.24) is 19.6 Å². The number of phenolic OH excluding ortho intramolecular Hbond substituents is 1. The number of phenols is 1. The number of rotatable bonds is 2. The number of hydrogen-bond acceptors (Lipinski definition) is 4. The molecule has 0 aliphatic carbocycles. The van der Waals surface area contributed by atoms with Crippen molar-refractivity contribution in [2.75, 3.05) is 7.11 Å². The van der Waals surface area contributed by atoms with Gasteiger partial charge in [-0.2, -0.15) is 10.2 Å². The van der Waals surface area contributed by atoms with Crippen LogP contribution in [0.4, 0.5) is 4.39 Å². The molecule has 0 spiro atoms. The van der Waals surface area contributed by atoms with Crippen molar-refractivity contribution in [3.8, 4) is 11.5 Å². The molecule has 0 unspecified atom stereocenters. The second kappa shape index (κ2) is 9.61. The summed E-state index contributed by atoms with van der Waals surface area (Å²) in [7, 11) is 5.35. The van der Waals surface area contributed by atoms with Crippen molar-refractivity contribution >= 4 is 21.8 Å². The molecule has 0 saturated heterocycles. The van der Waals surface area contributed by atoms with Gasteiger partial charge in [0.15, 0.2) is 11.6 Å². The molecule has 0 fully saturated rings. The fraction of sp³-hybridized carbons (Fsp3) is 0.391. The average molecular weight is 415 g/mol. The summed E-state index contributed by atoms with van der Waals surface area (Å²) in [6.45, 7) is 9.97. The number of halogens is 1. The van der Waals surface area contributed by atoms with E-state index in [0.717, 1.165) is 27.8 Å². The molecule has 0 aliphatic heterocycles. The fourth-order valence-corrected chi connectivity index (χ4v) is 3.48. The van der Waals surface area contributed by atoms with Crippen LogP contribution in [0.5, 0.6) is 11.5 Å². The number of aromatic nitrogens is 4. The molecule has 4 rings (SSSR count). The molecule has 0 amide bonds. The Morgan fingerprint density at radius 3 is 2.07 bits per heavy atom. The quantitative estimate of drug-likeness (QED) is 0.489. The topological polar surface area (TPSA) is 65.1 Å². The first kappa shape index (κ1) is 23.2. The van der Waals surface area contributed by atoms with Gasteiger partial charge in [0, 0.05) is 42.8 Å². The maximum Gasteiger partial charge on any atom is 0.193 e. The van der Waals surface area contributed by atoms with Gasteiger partial charge in [-0.15, -0.1) is 0 Å². The number of aromatic hydroxyl groups is 1. The molecule has 1 N–H and O–H groups in total. The zero-order valence-electron chi connectivity index (χ0n) is 19.0. The van der Waals surface area contributed by atoms with Crippen LogP contribution in [0, 0.1) is 19.7 Å². The largest absolute Gasteiger partial charge is 0.505 e. The molecule has 4 aromatic rings. The highest BCUT2D eigenvalue weighted by Crippen LogP contribution is 2.30. The zero-order chi connectivity index (χ0) is 22.6. The Kier molecular flexibility index (Phi) is 7.43. The molecule has 2 aromatic heterocycles. The predicted octanol–water partition coefficient (Wildman–Crippen LogP) is 5.21. The van der Waals surface area contributed by atoms with E-state index in [9.17, 15) is 9.50 Å². The Morgan fingerprint density at radius 1 is 1.00 bits per heavy atom. The molecule has 0 atom stereocenters. The van der Waals surface area contributed by atoms with Crippen LogP contribution in [0.25, 0.3) is 21.8 Å². The smallest absolute Gasteiger partial charge is 0.193 e. The third kappa shape index (κ3) is 4.40. The number of hydrogen-bond donors (Lipinski definition) is 1. The van der Waals surface area contributed by atoms with E-state index < -0.39 is 5.82 Å². The van der Waals surface area contributed by atoms with Gasteiger partial charge in [-0.05, 0) is 43.5 Å². The van der Waals surface area contributed by atoms with Gasteiger partial charge >= 0.3 is 0 Å². The van der Waals surface area contributed by atoms with Gasteiger partial charge in [0.05, 0.1) is 12.6 Å². The number of ether oxygens (including phenoxy) is 1. The zero-order valence-corrected chi connectivity index (χ0v) is 19.0. The lowest BCUT2D eigenvalue weighted by atomic mass is 10.1. The molecule has 7 heteroatoms. The van der Waals surface area contributed by atoms with E-state index in [-0.39, 0.29) is 11.3 Å². The van der Waals surface area contributed by atoms with Gasteiger partial charge in [0.2, 0.25) is 0 Å². The van der Waals surface area contributed by atoms with Crippen molar-refractivity contribution in [2.24, 2.45) is 14.1 Å². The molecule has 2 aromatic carbocycles. The molecular weight excluding hydrogens is 383 g/mol. The number of aryl methyl sites for hydroxylation is 5. The Balaban J connectivity index is 0.000000197. The SMILES string of the molecule is CC.CCc1cc2cn(C)nc2c(F)c1O.COc1c(C)cc2cn(C)nc2c1C. The first-order chi connectivity index (χ1) is 14.3. The molecule has 0 aliphatic rings. The first-order valence-corrected chi connectivity index (χ1v) is 10.1. The van der Waals surface area contributed by atoms with E-state index in [1.165, 1.54) is 10.1 Å². The summed E-state index contributed by atoms with van der Waals surface area (Å²) in [5.74, 6) is 0.0369. The highest BCUT2D eigenvalue weighted by molar-refractivity contribution is 5.85. The highest BCUT2D eigenvalue weighted by atomic mass is 19.1. The molecular formula is C23H31FN4O2. The van der Waals surface area contributed by atoms with Crippen molar-refractivity contribution < 1.29 is 14.2 Å². The third-order valence-electron chi connectivity index (χ3n) is 4.77. The van der Waals surface area contributed by atoms with Crippen LogP contribution in [0.2, 0.25) is 0 Å². The van der Waals surface area contributed by atoms with E-state index >= 15 is 0 Å². The Morgan fingerprint density at radius 2 is 1.53 bits per heavy atom. The summed E-state index contributed by atoms with van der Waals surface area (Å²) in [4.78, 5) is 0. The molecule has 0 saturated carbocycles. The van der Waals surface area contributed by atoms with E-state index in [0.29, 0.717) is 12.0 Å². The van der Waals surface area contributed by atoms with E-state index in [1.807, 2.05) is 45.6 Å². The van der Waals surface area contributed by atoms with Gasteiger partial charge in [0.1, 0.15) is 11.3 Å². The Bertz CT molecular complexity index is 1160. The summed E-state index contributed by atoms with van der Waals surface area (Å²) in [6.07, 6.45) is 4.36. The maximum atomic E-state index is 13.5. The Hall–Kier alpha value is -3.09. The normalized spacial score (nSPS) is 10.4. The molecule has 162 valence electrons. The Labute approximate surface area is 176 Å². The van der Waals surface area contributed by atoms with Crippen LogP contribution >= 0.6 is 0 Å². The third-order valence-corrected chi connectivity index (χ3v) is 4.77. The second-order valence-corrected chi connectivity index (χ2v) is 6.88. The lowest BCUT2D eigenvalue weighted by Gasteiger charge is -2.07. The summed E-state index contributed by atoms with van der Waals surface area (Å²) >= 11 is 0. The summed E-state index contributed by atoms with van der Waals surface area (Å²) in [5.41, 5.74) is 4.13. The number of methoxy groups -OCH3 is 1. The standard InChI is InChI=1S/C11H14N2O.C10H11FN2O.C2H6/c1-7-5-9-6-13(3)12-10(9)8(2)11(7)14-4;1-3-6-4-7-5-13(2)12-9(7)8(11)10(6)14;1-2/h5-6H,1-4H3;4-5,14H,3H2,1-2H3;1-2H3. The second-order valence-electron chi connectivity index (χ2n) is 6.88. The summed E-state index contributed by atoms with van der Waals surface area (Å²) in [5, 5.41) is 19.7. The first-order valence-electron chi connectivity index (χ1n) is 10.1. The number of benzene rings is 2. The van der Waals surface area contributed by atoms with E-state index in [1.54, 1.807) is 26.4 Å². The molecule has 2 heterocycles. The van der Waals surface area contributed by atoms with Crippen molar-refractivity contribution in [1.29, 1.82) is 0 Å². The monoisotopic (exact) mass is 414 g/mol. The average Bonchev–Trinajstić information content (AvgIpc) is 3.28. The predicted molar refractivity (Wildman–Crippen MR) is 120 cm³/mol. The summed E-state index contributed by atoms with van der Waals surface area (Å²) < 4.78 is 22.2. The van der Waals surface area contributed by atoms with Crippen LogP contribution in [-0.2, 0) is 20.5 Å². The van der Waals surface area contributed by atoms with Gasteiger partial charge in [-0.1, -0.05) is 20.8 Å². The number of nitrogens with zero attached hydrogens (tertiary/aromatic N) is 4. The maximum absolute atomic E-state index is 13.5. The minimum absolute atomic E-state index is 0.224. The minimum atomic E-state index is -0.625. The molecule has 6 nitrogen and oxygen atoms in total. The van der Waals surface area contributed by atoms with E-state index in [4.69, 9.17) is 4.74 Å². The van der Waals surface area contributed by atoms with Crippen molar-refractivity contribution in [3.63, 3.8) is 0 Å². The lowest BCUT2D eigenvalue weighted by Crippen LogP contribution is -1.92. The van der Waals surface area contributed by atoms with Crippen LogP contribution in [0.1, 0.15) is 37.5 Å². The van der Waals surface area contributed by atoms with Crippen LogP contribution in [0.3, 0.4) is 0 Å². The van der Waals surface area contributed by atoms with Crippen LogP contribution in [-0.4, -0.2) is 31.8 Å². The van der Waals surface area contributed by atoms with Crippen LogP contribution in [0.15, 0.2) is 24.5 Å². The van der Waals surface area contributed by atoms with Gasteiger partial charge in [0.25, 0.3) is 0 Å². The van der Waals surface area contributed by atoms with Crippen molar-refractivity contribution in [3.05, 3.63) is 47.0 Å². The van der Waals surface area contributed by atoms with E-state index in [2.05, 4.69) is 23.2 Å². The minimum Gasteiger partial charge on any atom is -0.505 e. The van der Waals surface area contributed by atoms with Crippen LogP contribution < -0.4 is 4.74 Å². The lowest BCUT2D eigenvalue weighted by molar-refractivity contribution is 0.409. The number of fused-ring (bicyclic) bond motifs is 2. The highest BCUT2D eigenvalue weighted by Gasteiger charge is 2.14. The fourth-order valence-electron chi connectivity index (χ4n) is 3.48. The summed E-state index contributed by atoms with van der Waals surface area (Å²) in [6, 6.07) is 3.87. The van der Waals surface area contributed by atoms with Gasteiger partial charge in [-0.25, -0.2) is 4.39 Å². The van der Waals surface area contributed by atoms with Gasteiger partial charge in [-0.3, -0.25) is 9.36 Å². The molecule has 30 heavy (non-hydrogen) atoms. The van der Waals surface area contributed by atoms with Crippen molar-refractivity contribution in [2.45, 2.75) is 41.0 Å². The molecule has 0 bridgehead atoms. The molecule has 0 radical (unpaired) electrons.